The standard InChI is InChI=1S/C12H14N2O/c1-9-6-11(3-2-10(9)7-13)15-8-12(14)4-5-12/h2-3,6H,4-5,8,14H2,1H3. The second-order valence-corrected chi connectivity index (χ2v) is 4.24. The van der Waals surface area contributed by atoms with Crippen molar-refractivity contribution in [3.63, 3.8) is 0 Å². The molecule has 0 saturated heterocycles. The normalized spacial score (nSPS) is 16.9. The number of nitrogens with zero attached hydrogens (tertiary/aromatic N) is 1. The van der Waals surface area contributed by atoms with Crippen LogP contribution >= 0.6 is 0 Å². The molecule has 15 heavy (non-hydrogen) atoms. The summed E-state index contributed by atoms with van der Waals surface area (Å²) in [7, 11) is 0. The Balaban J connectivity index is 2.03. The highest BCUT2D eigenvalue weighted by atomic mass is 16.5. The van der Waals surface area contributed by atoms with E-state index in [2.05, 4.69) is 6.07 Å². The van der Waals surface area contributed by atoms with Crippen molar-refractivity contribution in [1.82, 2.24) is 0 Å². The van der Waals surface area contributed by atoms with E-state index in [0.717, 1.165) is 24.2 Å². The summed E-state index contributed by atoms with van der Waals surface area (Å²) >= 11 is 0. The summed E-state index contributed by atoms with van der Waals surface area (Å²) in [5, 5.41) is 8.77. The first-order valence-electron chi connectivity index (χ1n) is 5.05. The lowest BCUT2D eigenvalue weighted by Crippen LogP contribution is -2.29. The van der Waals surface area contributed by atoms with Gasteiger partial charge >= 0.3 is 0 Å². The summed E-state index contributed by atoms with van der Waals surface area (Å²) < 4.78 is 5.58. The van der Waals surface area contributed by atoms with Gasteiger partial charge in [-0.3, -0.25) is 0 Å². The van der Waals surface area contributed by atoms with Gasteiger partial charge in [-0.15, -0.1) is 0 Å². The molecule has 0 unspecified atom stereocenters. The van der Waals surface area contributed by atoms with E-state index in [-0.39, 0.29) is 5.54 Å². The number of hydrogen-bond acceptors (Lipinski definition) is 3. The van der Waals surface area contributed by atoms with Crippen molar-refractivity contribution in [2.24, 2.45) is 5.73 Å². The van der Waals surface area contributed by atoms with E-state index >= 15 is 0 Å². The molecule has 0 radical (unpaired) electrons. The first-order chi connectivity index (χ1) is 7.13. The molecule has 1 aliphatic carbocycles. The predicted octanol–water partition coefficient (Wildman–Crippen LogP) is 1.74. The number of aryl methyl sites for hydroxylation is 1. The third-order valence-electron chi connectivity index (χ3n) is 2.74. The molecule has 0 amide bonds. The zero-order valence-electron chi connectivity index (χ0n) is 8.79. The number of nitrogens with two attached hydrogens (primary N) is 1. The number of rotatable bonds is 3. The highest BCUT2D eigenvalue weighted by Gasteiger charge is 2.39. The Morgan fingerprint density at radius 3 is 2.80 bits per heavy atom. The van der Waals surface area contributed by atoms with E-state index in [4.69, 9.17) is 15.7 Å². The first kappa shape index (κ1) is 10.0. The molecule has 1 aromatic rings. The molecule has 2 rings (SSSR count). The van der Waals surface area contributed by atoms with Crippen molar-refractivity contribution in [2.75, 3.05) is 6.61 Å². The lowest BCUT2D eigenvalue weighted by atomic mass is 10.1. The van der Waals surface area contributed by atoms with Crippen LogP contribution < -0.4 is 10.5 Å². The van der Waals surface area contributed by atoms with Gasteiger partial charge in [0.2, 0.25) is 0 Å². The van der Waals surface area contributed by atoms with Gasteiger partial charge in [-0.25, -0.2) is 0 Å². The Labute approximate surface area is 89.5 Å². The van der Waals surface area contributed by atoms with E-state index in [1.807, 2.05) is 19.1 Å². The summed E-state index contributed by atoms with van der Waals surface area (Å²) in [4.78, 5) is 0. The fourth-order valence-corrected chi connectivity index (χ4v) is 1.38. The zero-order chi connectivity index (χ0) is 10.9. The maximum atomic E-state index is 8.77. The van der Waals surface area contributed by atoms with Gasteiger partial charge in [-0.05, 0) is 43.5 Å². The number of benzene rings is 1. The van der Waals surface area contributed by atoms with E-state index < -0.39 is 0 Å². The Morgan fingerprint density at radius 2 is 2.27 bits per heavy atom. The van der Waals surface area contributed by atoms with E-state index in [9.17, 15) is 0 Å². The molecule has 3 nitrogen and oxygen atoms in total. The zero-order valence-corrected chi connectivity index (χ0v) is 8.79. The summed E-state index contributed by atoms with van der Waals surface area (Å²) in [6.07, 6.45) is 2.09. The molecule has 0 heterocycles. The molecule has 1 fully saturated rings. The van der Waals surface area contributed by atoms with Gasteiger partial charge in [0.1, 0.15) is 12.4 Å². The minimum Gasteiger partial charge on any atom is -0.492 e. The van der Waals surface area contributed by atoms with Gasteiger partial charge in [0.05, 0.1) is 17.2 Å². The Morgan fingerprint density at radius 1 is 1.53 bits per heavy atom. The third-order valence-corrected chi connectivity index (χ3v) is 2.74. The van der Waals surface area contributed by atoms with Crippen molar-refractivity contribution in [2.45, 2.75) is 25.3 Å². The van der Waals surface area contributed by atoms with Gasteiger partial charge in [-0.1, -0.05) is 0 Å². The monoisotopic (exact) mass is 202 g/mol. The van der Waals surface area contributed by atoms with E-state index in [0.29, 0.717) is 12.2 Å². The molecule has 2 N–H and O–H groups in total. The van der Waals surface area contributed by atoms with Gasteiger partial charge in [0, 0.05) is 0 Å². The van der Waals surface area contributed by atoms with Gasteiger partial charge < -0.3 is 10.5 Å². The highest BCUT2D eigenvalue weighted by Crippen LogP contribution is 2.32. The smallest absolute Gasteiger partial charge is 0.119 e. The van der Waals surface area contributed by atoms with Crippen molar-refractivity contribution < 1.29 is 4.74 Å². The molecule has 1 saturated carbocycles. The number of hydrogen-bond donors (Lipinski definition) is 1. The minimum atomic E-state index is -0.0954. The molecule has 1 aliphatic rings. The second-order valence-electron chi connectivity index (χ2n) is 4.24. The van der Waals surface area contributed by atoms with Crippen LogP contribution in [0.2, 0.25) is 0 Å². The van der Waals surface area contributed by atoms with Crippen molar-refractivity contribution >= 4 is 0 Å². The quantitative estimate of drug-likeness (QED) is 0.812. The molecule has 0 spiro atoms. The van der Waals surface area contributed by atoms with Crippen LogP contribution in [0.3, 0.4) is 0 Å². The maximum Gasteiger partial charge on any atom is 0.119 e. The van der Waals surface area contributed by atoms with Crippen molar-refractivity contribution in [3.05, 3.63) is 29.3 Å². The molecule has 0 bridgehead atoms. The van der Waals surface area contributed by atoms with E-state index in [1.54, 1.807) is 6.07 Å². The van der Waals surface area contributed by atoms with E-state index in [1.165, 1.54) is 0 Å². The van der Waals surface area contributed by atoms with Gasteiger partial charge in [-0.2, -0.15) is 5.26 Å². The number of ether oxygens (including phenoxy) is 1. The largest absolute Gasteiger partial charge is 0.492 e. The fourth-order valence-electron chi connectivity index (χ4n) is 1.38. The van der Waals surface area contributed by atoms with Gasteiger partial charge in [0.15, 0.2) is 0 Å². The van der Waals surface area contributed by atoms with Crippen LogP contribution in [0.15, 0.2) is 18.2 Å². The van der Waals surface area contributed by atoms with Crippen LogP contribution in [0.4, 0.5) is 0 Å². The third kappa shape index (κ3) is 2.28. The van der Waals surface area contributed by atoms with Crippen LogP contribution in [0.5, 0.6) is 5.75 Å². The lowest BCUT2D eigenvalue weighted by molar-refractivity contribution is 0.279. The van der Waals surface area contributed by atoms with Crippen LogP contribution in [-0.4, -0.2) is 12.1 Å². The van der Waals surface area contributed by atoms with Crippen LogP contribution in [-0.2, 0) is 0 Å². The Kier molecular flexibility index (Phi) is 2.37. The second kappa shape index (κ2) is 3.56. The Bertz CT molecular complexity index is 416. The number of nitriles is 1. The van der Waals surface area contributed by atoms with Crippen LogP contribution in [0.1, 0.15) is 24.0 Å². The predicted molar refractivity (Wildman–Crippen MR) is 57.5 cm³/mol. The topological polar surface area (TPSA) is 59.0 Å². The summed E-state index contributed by atoms with van der Waals surface area (Å²) in [5.41, 5.74) is 7.45. The Hall–Kier alpha value is -1.53. The molecular weight excluding hydrogens is 188 g/mol. The van der Waals surface area contributed by atoms with Crippen molar-refractivity contribution in [3.8, 4) is 11.8 Å². The maximum absolute atomic E-state index is 8.77. The molecule has 0 atom stereocenters. The lowest BCUT2D eigenvalue weighted by Gasteiger charge is -2.11. The summed E-state index contributed by atoms with van der Waals surface area (Å²) in [6.45, 7) is 2.47. The van der Waals surface area contributed by atoms with Crippen LogP contribution in [0.25, 0.3) is 0 Å². The molecule has 3 heteroatoms. The molecule has 1 aromatic carbocycles. The van der Waals surface area contributed by atoms with Crippen molar-refractivity contribution in [1.29, 1.82) is 5.26 Å². The van der Waals surface area contributed by atoms with Crippen LogP contribution in [0, 0.1) is 18.3 Å². The average Bonchev–Trinajstić information content (AvgIpc) is 2.95. The minimum absolute atomic E-state index is 0.0954. The molecular formula is C12H14N2O. The van der Waals surface area contributed by atoms with Gasteiger partial charge in [0.25, 0.3) is 0 Å². The first-order valence-corrected chi connectivity index (χ1v) is 5.05. The molecule has 78 valence electrons. The average molecular weight is 202 g/mol. The summed E-state index contributed by atoms with van der Waals surface area (Å²) in [6, 6.07) is 7.60. The molecule has 0 aromatic heterocycles. The highest BCUT2D eigenvalue weighted by molar-refractivity contribution is 5.41. The fraction of sp³-hybridized carbons (Fsp3) is 0.417. The summed E-state index contributed by atoms with van der Waals surface area (Å²) in [5.74, 6) is 0.795. The molecule has 0 aliphatic heterocycles. The SMILES string of the molecule is Cc1cc(OCC2(N)CC2)ccc1C#N.